The fourth-order valence-corrected chi connectivity index (χ4v) is 13.0. The van der Waals surface area contributed by atoms with Gasteiger partial charge in [0, 0.05) is 29.1 Å². The molecule has 3 aliphatic carbocycles. The smallest absolute Gasteiger partial charge is 0.311 e. The van der Waals surface area contributed by atoms with E-state index in [1.54, 1.807) is 0 Å². The lowest BCUT2D eigenvalue weighted by molar-refractivity contribution is -0.135. The van der Waals surface area contributed by atoms with Gasteiger partial charge >= 0.3 is 11.9 Å². The predicted octanol–water partition coefficient (Wildman–Crippen LogP) is 13.9. The lowest BCUT2D eigenvalue weighted by Gasteiger charge is -2.56. The Balaban J connectivity index is 1.17. The van der Waals surface area contributed by atoms with Gasteiger partial charge in [0.15, 0.2) is 0 Å². The SMILES string of the molecule is CC(C1(CCC(=O)Oc2ccccc2)c2ccccc2-c2ccccc21)C1(C(C)C2(CCC(=O)Oc3ccccc3)c3ccccc3-c3ccccc32)c2ccccc2-c2ccccc21. The third-order valence-electron chi connectivity index (χ3n) is 15.5. The summed E-state index contributed by atoms with van der Waals surface area (Å²) in [7, 11) is 0. The molecule has 8 aromatic rings. The number of esters is 2. The molecule has 8 aromatic carbocycles. The summed E-state index contributed by atoms with van der Waals surface area (Å²) in [5.41, 5.74) is 12.7. The van der Waals surface area contributed by atoms with E-state index in [0.29, 0.717) is 24.3 Å². The Kier molecular flexibility index (Phi) is 9.99. The number of hydrogen-bond donors (Lipinski definition) is 0. The normalized spacial score (nSPS) is 15.8. The highest BCUT2D eigenvalue weighted by Crippen LogP contribution is 2.70. The molecule has 2 atom stereocenters. The van der Waals surface area contributed by atoms with Gasteiger partial charge < -0.3 is 9.47 Å². The van der Waals surface area contributed by atoms with Crippen LogP contribution in [0.15, 0.2) is 206 Å². The minimum absolute atomic E-state index is 0.155. The van der Waals surface area contributed by atoms with Gasteiger partial charge in [0.05, 0.1) is 0 Å². The van der Waals surface area contributed by atoms with Gasteiger partial charge in [-0.1, -0.05) is 196 Å². The monoisotopic (exact) mass is 846 g/mol. The van der Waals surface area contributed by atoms with Gasteiger partial charge in [-0.25, -0.2) is 0 Å². The molecular weight excluding hydrogens is 797 g/mol. The van der Waals surface area contributed by atoms with E-state index in [1.165, 1.54) is 66.8 Å². The largest absolute Gasteiger partial charge is 0.427 e. The average Bonchev–Trinajstić information content (AvgIpc) is 3.94. The Bertz CT molecular complexity index is 2790. The van der Waals surface area contributed by atoms with Crippen molar-refractivity contribution in [3.63, 3.8) is 0 Å². The second-order valence-electron chi connectivity index (χ2n) is 18.1. The highest BCUT2D eigenvalue weighted by Gasteiger charge is 2.64. The standard InChI is InChI=1S/C61H50O4/c1-41(59(39-37-57(62)64-43-21-5-3-6-22-43)51-31-15-9-25-45(51)46-26-10-16-32-52(46)59)61(55-35-19-13-29-49(55)50-30-14-20-36-56(50)61)42(2)60(40-38-58(63)65-44-23-7-4-8-24-44)53-33-17-11-27-47(53)48-28-12-18-34-54(48)60/h3-36,41-42H,37-40H2,1-2H3. The first kappa shape index (κ1) is 40.5. The summed E-state index contributed by atoms with van der Waals surface area (Å²) in [5.74, 6) is 0.259. The Morgan fingerprint density at radius 3 is 0.908 bits per heavy atom. The van der Waals surface area contributed by atoms with Gasteiger partial charge in [0.1, 0.15) is 11.5 Å². The third kappa shape index (κ3) is 6.11. The van der Waals surface area contributed by atoms with E-state index >= 15 is 0 Å². The fraction of sp³-hybridized carbons (Fsp3) is 0.180. The van der Waals surface area contributed by atoms with Gasteiger partial charge in [0.25, 0.3) is 0 Å². The molecule has 4 heteroatoms. The van der Waals surface area contributed by atoms with Crippen molar-refractivity contribution in [2.45, 2.75) is 55.8 Å². The zero-order chi connectivity index (χ0) is 44.2. The van der Waals surface area contributed by atoms with Crippen molar-refractivity contribution in [1.29, 1.82) is 0 Å². The summed E-state index contributed by atoms with van der Waals surface area (Å²) >= 11 is 0. The van der Waals surface area contributed by atoms with Crippen LogP contribution in [-0.2, 0) is 25.8 Å². The molecule has 318 valence electrons. The van der Waals surface area contributed by atoms with Crippen LogP contribution < -0.4 is 9.47 Å². The maximum atomic E-state index is 14.2. The first-order valence-corrected chi connectivity index (χ1v) is 23.0. The van der Waals surface area contributed by atoms with Crippen LogP contribution in [0.2, 0.25) is 0 Å². The summed E-state index contributed by atoms with van der Waals surface area (Å²) in [6.45, 7) is 4.92. The molecule has 4 nitrogen and oxygen atoms in total. The zero-order valence-electron chi connectivity index (χ0n) is 36.7. The van der Waals surface area contributed by atoms with Crippen molar-refractivity contribution < 1.29 is 19.1 Å². The molecular formula is C61H50O4. The summed E-state index contributed by atoms with van der Waals surface area (Å²) < 4.78 is 12.2. The average molecular weight is 847 g/mol. The van der Waals surface area contributed by atoms with E-state index in [1.807, 2.05) is 60.7 Å². The summed E-state index contributed by atoms with van der Waals surface area (Å²) in [6, 6.07) is 72.2. The number of carbonyl (C=O) groups is 2. The molecule has 2 unspecified atom stereocenters. The quantitative estimate of drug-likeness (QED) is 0.0908. The van der Waals surface area contributed by atoms with Crippen molar-refractivity contribution >= 4 is 11.9 Å². The molecule has 0 bridgehead atoms. The molecule has 0 amide bonds. The maximum absolute atomic E-state index is 14.2. The highest BCUT2D eigenvalue weighted by atomic mass is 16.5. The zero-order valence-corrected chi connectivity index (χ0v) is 36.7. The molecule has 0 aliphatic heterocycles. The summed E-state index contributed by atoms with van der Waals surface area (Å²) in [6.07, 6.45) is 1.46. The van der Waals surface area contributed by atoms with E-state index in [9.17, 15) is 9.59 Å². The van der Waals surface area contributed by atoms with Crippen LogP contribution in [0, 0.1) is 11.8 Å². The lowest BCUT2D eigenvalue weighted by atomic mass is 9.45. The number of ether oxygens (including phenoxy) is 2. The maximum Gasteiger partial charge on any atom is 0.311 e. The van der Waals surface area contributed by atoms with Crippen LogP contribution in [0.4, 0.5) is 0 Å². The molecule has 0 aromatic heterocycles. The number of carbonyl (C=O) groups excluding carboxylic acids is 2. The third-order valence-corrected chi connectivity index (χ3v) is 15.5. The molecule has 0 N–H and O–H groups in total. The van der Waals surface area contributed by atoms with E-state index in [2.05, 4.69) is 159 Å². The van der Waals surface area contributed by atoms with Gasteiger partial charge in [-0.2, -0.15) is 0 Å². The van der Waals surface area contributed by atoms with Crippen LogP contribution >= 0.6 is 0 Å². The number of benzene rings is 8. The fourth-order valence-electron chi connectivity index (χ4n) is 13.0. The van der Waals surface area contributed by atoms with E-state index in [-0.39, 0.29) is 36.6 Å². The summed E-state index contributed by atoms with van der Waals surface area (Å²) in [4.78, 5) is 28.5. The number of hydrogen-bond acceptors (Lipinski definition) is 4. The molecule has 0 fully saturated rings. The minimum atomic E-state index is -0.686. The Morgan fingerprint density at radius 1 is 0.354 bits per heavy atom. The second kappa shape index (κ2) is 16.0. The van der Waals surface area contributed by atoms with E-state index < -0.39 is 16.2 Å². The molecule has 65 heavy (non-hydrogen) atoms. The van der Waals surface area contributed by atoms with Crippen LogP contribution in [0.25, 0.3) is 33.4 Å². The molecule has 11 rings (SSSR count). The molecule has 3 aliphatic rings. The van der Waals surface area contributed by atoms with Crippen LogP contribution in [0.5, 0.6) is 11.5 Å². The lowest BCUT2D eigenvalue weighted by Crippen LogP contribution is -2.55. The number of fused-ring (bicyclic) bond motifs is 9. The summed E-state index contributed by atoms with van der Waals surface area (Å²) in [5, 5.41) is 0. The van der Waals surface area contributed by atoms with Crippen molar-refractivity contribution in [2.24, 2.45) is 11.8 Å². The molecule has 0 heterocycles. The van der Waals surface area contributed by atoms with Crippen molar-refractivity contribution in [1.82, 2.24) is 0 Å². The van der Waals surface area contributed by atoms with Crippen molar-refractivity contribution in [3.05, 3.63) is 240 Å². The van der Waals surface area contributed by atoms with Crippen LogP contribution in [-0.4, -0.2) is 11.9 Å². The van der Waals surface area contributed by atoms with E-state index in [0.717, 1.165) is 0 Å². The van der Waals surface area contributed by atoms with Crippen LogP contribution in [0.1, 0.15) is 72.9 Å². The number of rotatable bonds is 12. The molecule has 0 spiro atoms. The van der Waals surface area contributed by atoms with Crippen molar-refractivity contribution in [3.8, 4) is 44.9 Å². The first-order valence-electron chi connectivity index (χ1n) is 23.0. The molecule has 0 radical (unpaired) electrons. The number of para-hydroxylation sites is 2. The van der Waals surface area contributed by atoms with Crippen molar-refractivity contribution in [2.75, 3.05) is 0 Å². The Hall–Kier alpha value is -7.30. The molecule has 0 saturated heterocycles. The highest BCUT2D eigenvalue weighted by molar-refractivity contribution is 5.88. The Morgan fingerprint density at radius 2 is 0.600 bits per heavy atom. The topological polar surface area (TPSA) is 52.6 Å². The van der Waals surface area contributed by atoms with Gasteiger partial charge in [-0.3, -0.25) is 9.59 Å². The predicted molar refractivity (Wildman–Crippen MR) is 259 cm³/mol. The van der Waals surface area contributed by atoms with Gasteiger partial charge in [-0.05, 0) is 116 Å². The van der Waals surface area contributed by atoms with E-state index in [4.69, 9.17) is 9.47 Å². The first-order chi connectivity index (χ1) is 31.9. The van der Waals surface area contributed by atoms with Crippen LogP contribution in [0.3, 0.4) is 0 Å². The van der Waals surface area contributed by atoms with Gasteiger partial charge in [0.2, 0.25) is 0 Å². The molecule has 0 saturated carbocycles. The Labute approximate surface area is 381 Å². The minimum Gasteiger partial charge on any atom is -0.427 e. The van der Waals surface area contributed by atoms with Gasteiger partial charge in [-0.15, -0.1) is 0 Å². The second-order valence-corrected chi connectivity index (χ2v) is 18.1.